The number of hydrogen-bond acceptors (Lipinski definition) is 5. The Bertz CT molecular complexity index is 1140. The Morgan fingerprint density at radius 1 is 0.972 bits per heavy atom. The van der Waals surface area contributed by atoms with Crippen molar-refractivity contribution in [2.45, 2.75) is 40.2 Å². The molecule has 0 fully saturated rings. The van der Waals surface area contributed by atoms with E-state index in [4.69, 9.17) is 9.47 Å². The van der Waals surface area contributed by atoms with Crippen molar-refractivity contribution >= 4 is 29.4 Å². The van der Waals surface area contributed by atoms with Crippen molar-refractivity contribution in [1.29, 1.82) is 0 Å². The maximum atomic E-state index is 13.0. The highest BCUT2D eigenvalue weighted by Gasteiger charge is 2.36. The molecule has 0 saturated heterocycles. The van der Waals surface area contributed by atoms with E-state index in [0.29, 0.717) is 34.8 Å². The zero-order valence-corrected chi connectivity index (χ0v) is 21.4. The van der Waals surface area contributed by atoms with Crippen LogP contribution in [0, 0.1) is 13.8 Å². The molecule has 192 valence electrons. The fourth-order valence-electron chi connectivity index (χ4n) is 3.96. The minimum absolute atomic E-state index is 0.110. The van der Waals surface area contributed by atoms with Crippen LogP contribution in [0.3, 0.4) is 0 Å². The molecule has 1 aliphatic rings. The van der Waals surface area contributed by atoms with Crippen LogP contribution in [-0.4, -0.2) is 49.8 Å². The number of amides is 4. The van der Waals surface area contributed by atoms with Gasteiger partial charge in [0.05, 0.1) is 18.2 Å². The van der Waals surface area contributed by atoms with Gasteiger partial charge in [0.1, 0.15) is 6.61 Å². The van der Waals surface area contributed by atoms with Gasteiger partial charge in [0.15, 0.2) is 0 Å². The summed E-state index contributed by atoms with van der Waals surface area (Å²) in [4.78, 5) is 39.8. The van der Waals surface area contributed by atoms with E-state index in [1.54, 1.807) is 36.1 Å². The topological polar surface area (TPSA) is 109 Å². The van der Waals surface area contributed by atoms with Gasteiger partial charge >= 0.3 is 18.0 Å². The number of carbonyl (C=O) groups excluding carboxylic acids is 3. The molecule has 1 heterocycles. The molecule has 1 unspecified atom stereocenters. The number of hydrogen-bond donors (Lipinski definition) is 3. The summed E-state index contributed by atoms with van der Waals surface area (Å²) < 4.78 is 10.4. The molecule has 3 rings (SSSR count). The standard InChI is InChI=1S/C27H34N4O5/c1-6-13-31-19(4)23(25(32)36-15-14-35-5)24(30-27(31)34)20-8-11-21(12-9-20)28-26(33)29-22-10-7-17(2)18(3)16-22/h7-12,16,24H,6,13-15H2,1-5H3,(H,30,34)(H2,28,29,33). The zero-order valence-electron chi connectivity index (χ0n) is 21.4. The highest BCUT2D eigenvalue weighted by atomic mass is 16.6. The first-order valence-corrected chi connectivity index (χ1v) is 11.9. The highest BCUT2D eigenvalue weighted by molar-refractivity contribution is 6.00. The molecule has 2 aromatic rings. The molecular weight excluding hydrogens is 460 g/mol. The lowest BCUT2D eigenvalue weighted by Gasteiger charge is -2.35. The van der Waals surface area contributed by atoms with Gasteiger partial charge in [0.2, 0.25) is 0 Å². The summed E-state index contributed by atoms with van der Waals surface area (Å²) in [6.45, 7) is 8.58. The summed E-state index contributed by atoms with van der Waals surface area (Å²) in [5.74, 6) is -0.509. The molecule has 1 aliphatic heterocycles. The van der Waals surface area contributed by atoms with Crippen LogP contribution in [0.2, 0.25) is 0 Å². The molecule has 0 bridgehead atoms. The van der Waals surface area contributed by atoms with Crippen molar-refractivity contribution < 1.29 is 23.9 Å². The number of carbonyl (C=O) groups is 3. The lowest BCUT2D eigenvalue weighted by atomic mass is 9.94. The Hall–Kier alpha value is -3.85. The van der Waals surface area contributed by atoms with E-state index in [9.17, 15) is 14.4 Å². The second kappa shape index (κ2) is 12.2. The van der Waals surface area contributed by atoms with Gasteiger partial charge < -0.3 is 25.4 Å². The maximum absolute atomic E-state index is 13.0. The van der Waals surface area contributed by atoms with Crippen molar-refractivity contribution in [3.8, 4) is 0 Å². The van der Waals surface area contributed by atoms with Crippen LogP contribution in [0.15, 0.2) is 53.7 Å². The Morgan fingerprint density at radius 3 is 2.28 bits per heavy atom. The average Bonchev–Trinajstić information content (AvgIpc) is 2.84. The lowest BCUT2D eigenvalue weighted by molar-refractivity contribution is -0.140. The van der Waals surface area contributed by atoms with Crippen LogP contribution in [0.4, 0.5) is 21.0 Å². The Balaban J connectivity index is 1.78. The van der Waals surface area contributed by atoms with E-state index in [1.807, 2.05) is 39.0 Å². The minimum Gasteiger partial charge on any atom is -0.460 e. The fourth-order valence-corrected chi connectivity index (χ4v) is 3.96. The fraction of sp³-hybridized carbons (Fsp3) is 0.370. The van der Waals surface area contributed by atoms with E-state index < -0.39 is 12.0 Å². The van der Waals surface area contributed by atoms with Gasteiger partial charge in [-0.15, -0.1) is 0 Å². The van der Waals surface area contributed by atoms with Crippen molar-refractivity contribution in [3.63, 3.8) is 0 Å². The van der Waals surface area contributed by atoms with Crippen molar-refractivity contribution in [3.05, 3.63) is 70.4 Å². The first kappa shape index (κ1) is 26.7. The SMILES string of the molecule is CCCN1C(=O)NC(c2ccc(NC(=O)Nc3ccc(C)c(C)c3)cc2)C(C(=O)OCCOC)=C1C. The third-order valence-corrected chi connectivity index (χ3v) is 6.05. The number of methoxy groups -OCH3 is 1. The molecule has 4 amide bonds. The van der Waals surface area contributed by atoms with Gasteiger partial charge in [-0.25, -0.2) is 14.4 Å². The molecule has 0 aliphatic carbocycles. The number of nitrogens with one attached hydrogen (secondary N) is 3. The molecule has 0 radical (unpaired) electrons. The molecule has 9 heteroatoms. The largest absolute Gasteiger partial charge is 0.460 e. The average molecular weight is 495 g/mol. The summed E-state index contributed by atoms with van der Waals surface area (Å²) in [6.07, 6.45) is 0.742. The predicted octanol–water partition coefficient (Wildman–Crippen LogP) is 4.89. The van der Waals surface area contributed by atoms with Gasteiger partial charge in [-0.05, 0) is 68.1 Å². The summed E-state index contributed by atoms with van der Waals surface area (Å²) in [5, 5.41) is 8.54. The third kappa shape index (κ3) is 6.42. The van der Waals surface area contributed by atoms with E-state index in [-0.39, 0.29) is 25.3 Å². The first-order valence-electron chi connectivity index (χ1n) is 11.9. The molecule has 0 saturated carbocycles. The van der Waals surface area contributed by atoms with Gasteiger partial charge in [-0.1, -0.05) is 25.1 Å². The quantitative estimate of drug-likeness (QED) is 0.340. The minimum atomic E-state index is -0.681. The molecule has 0 spiro atoms. The van der Waals surface area contributed by atoms with Gasteiger partial charge in [-0.3, -0.25) is 4.90 Å². The van der Waals surface area contributed by atoms with Crippen LogP contribution >= 0.6 is 0 Å². The van der Waals surface area contributed by atoms with Crippen LogP contribution < -0.4 is 16.0 Å². The number of ether oxygens (including phenoxy) is 2. The molecule has 9 nitrogen and oxygen atoms in total. The van der Waals surface area contributed by atoms with E-state index in [2.05, 4.69) is 16.0 Å². The third-order valence-electron chi connectivity index (χ3n) is 6.05. The zero-order chi connectivity index (χ0) is 26.2. The number of rotatable bonds is 9. The van der Waals surface area contributed by atoms with Gasteiger partial charge in [0, 0.05) is 30.7 Å². The molecule has 3 N–H and O–H groups in total. The number of urea groups is 2. The molecular formula is C27H34N4O5. The van der Waals surface area contributed by atoms with Crippen molar-refractivity contribution in [1.82, 2.24) is 10.2 Å². The van der Waals surface area contributed by atoms with Gasteiger partial charge in [0.25, 0.3) is 0 Å². The monoisotopic (exact) mass is 494 g/mol. The molecule has 1 atom stereocenters. The molecule has 2 aromatic carbocycles. The first-order chi connectivity index (χ1) is 17.2. The number of nitrogens with zero attached hydrogens (tertiary/aromatic N) is 1. The predicted molar refractivity (Wildman–Crippen MR) is 139 cm³/mol. The lowest BCUT2D eigenvalue weighted by Crippen LogP contribution is -2.48. The Kier molecular flexibility index (Phi) is 9.08. The summed E-state index contributed by atoms with van der Waals surface area (Å²) in [5.41, 5.74) is 5.12. The summed E-state index contributed by atoms with van der Waals surface area (Å²) in [7, 11) is 1.53. The Labute approximate surface area is 211 Å². The molecule has 0 aromatic heterocycles. The Morgan fingerprint density at radius 2 is 1.64 bits per heavy atom. The maximum Gasteiger partial charge on any atom is 0.338 e. The number of allylic oxidation sites excluding steroid dienone is 1. The second-order valence-corrected chi connectivity index (χ2v) is 8.66. The number of benzene rings is 2. The van der Waals surface area contributed by atoms with E-state index in [1.165, 1.54) is 7.11 Å². The number of esters is 1. The summed E-state index contributed by atoms with van der Waals surface area (Å²) in [6, 6.07) is 11.4. The number of anilines is 2. The second-order valence-electron chi connectivity index (χ2n) is 8.66. The van der Waals surface area contributed by atoms with Crippen LogP contribution in [0.25, 0.3) is 0 Å². The van der Waals surface area contributed by atoms with Crippen molar-refractivity contribution in [2.75, 3.05) is 37.5 Å². The van der Waals surface area contributed by atoms with Crippen LogP contribution in [-0.2, 0) is 14.3 Å². The molecule has 36 heavy (non-hydrogen) atoms. The number of aryl methyl sites for hydroxylation is 2. The smallest absolute Gasteiger partial charge is 0.338 e. The van der Waals surface area contributed by atoms with E-state index in [0.717, 1.165) is 17.5 Å². The summed E-state index contributed by atoms with van der Waals surface area (Å²) >= 11 is 0. The van der Waals surface area contributed by atoms with Crippen LogP contribution in [0.5, 0.6) is 0 Å². The normalized spacial score (nSPS) is 15.4. The van der Waals surface area contributed by atoms with Crippen molar-refractivity contribution in [2.24, 2.45) is 0 Å². The van der Waals surface area contributed by atoms with Gasteiger partial charge in [-0.2, -0.15) is 0 Å². The van der Waals surface area contributed by atoms with E-state index >= 15 is 0 Å². The van der Waals surface area contributed by atoms with Crippen LogP contribution in [0.1, 0.15) is 43.0 Å². The highest BCUT2D eigenvalue weighted by Crippen LogP contribution is 2.32.